The number of benzene rings is 2. The number of ether oxygens (including phenoxy) is 1. The Morgan fingerprint density at radius 2 is 1.79 bits per heavy atom. The van der Waals surface area contributed by atoms with Gasteiger partial charge in [0.25, 0.3) is 0 Å². The molecule has 0 aliphatic carbocycles. The third-order valence-electron chi connectivity index (χ3n) is 3.90. The molecule has 5 nitrogen and oxygen atoms in total. The lowest BCUT2D eigenvalue weighted by Crippen LogP contribution is -2.17. The topological polar surface area (TPSA) is 74.7 Å². The average Bonchev–Trinajstić information content (AvgIpc) is 2.68. The van der Waals surface area contributed by atoms with Crippen LogP contribution in [-0.2, 0) is 22.4 Å². The fraction of sp³-hybridized carbons (Fsp3) is 0.250. The van der Waals surface area contributed by atoms with Crippen LogP contribution in [0.5, 0.6) is 0 Å². The van der Waals surface area contributed by atoms with E-state index in [0.29, 0.717) is 17.0 Å². The highest BCUT2D eigenvalue weighted by molar-refractivity contribution is 7.81. The van der Waals surface area contributed by atoms with Gasteiger partial charge in [-0.1, -0.05) is 41.6 Å². The molecule has 0 spiro atoms. The summed E-state index contributed by atoms with van der Waals surface area (Å²) < 4.78 is 43.6. The van der Waals surface area contributed by atoms with Gasteiger partial charge in [-0.3, -0.25) is 4.99 Å². The van der Waals surface area contributed by atoms with Gasteiger partial charge in [0.15, 0.2) is 0 Å². The number of rotatable bonds is 6. The molecule has 156 valence electrons. The average molecular weight is 426 g/mol. The minimum atomic E-state index is -4.41. The third-order valence-corrected chi connectivity index (χ3v) is 4.26. The van der Waals surface area contributed by atoms with E-state index >= 15 is 0 Å². The van der Waals surface area contributed by atoms with Crippen molar-refractivity contribution in [2.75, 3.05) is 14.2 Å². The van der Waals surface area contributed by atoms with Crippen LogP contribution in [0.1, 0.15) is 29.2 Å². The molecule has 0 saturated carbocycles. The first-order chi connectivity index (χ1) is 13.3. The molecule has 0 atom stereocenters. The standard InChI is InChI=1S/C20H19F3N2O2S.H2O/c1-13(14-8-6-9-16(11-14)20(21,22)23)25-27-12-15-7-4-5-10-17(15)18(24-2)19(28)26-3;/h4-11H,12H2,1-3H3;1H2/b24-18?,25-13+;. The van der Waals surface area contributed by atoms with Crippen molar-refractivity contribution in [2.45, 2.75) is 19.7 Å². The number of halogens is 3. The maximum atomic E-state index is 12.8. The number of methoxy groups -OCH3 is 1. The van der Waals surface area contributed by atoms with Crippen molar-refractivity contribution in [3.8, 4) is 0 Å². The molecule has 2 aromatic carbocycles. The number of hydrogen-bond acceptors (Lipinski definition) is 5. The van der Waals surface area contributed by atoms with Gasteiger partial charge in [-0.05, 0) is 36.8 Å². The van der Waals surface area contributed by atoms with Gasteiger partial charge in [0.2, 0.25) is 5.05 Å². The molecule has 0 aliphatic rings. The van der Waals surface area contributed by atoms with Crippen LogP contribution in [0.25, 0.3) is 0 Å². The summed E-state index contributed by atoms with van der Waals surface area (Å²) >= 11 is 5.16. The monoisotopic (exact) mass is 426 g/mol. The summed E-state index contributed by atoms with van der Waals surface area (Å²) in [5.74, 6) is 0. The van der Waals surface area contributed by atoms with Crippen molar-refractivity contribution in [3.05, 3.63) is 70.8 Å². The van der Waals surface area contributed by atoms with E-state index in [4.69, 9.17) is 21.8 Å². The number of hydrogen-bond donors (Lipinski definition) is 0. The molecule has 0 amide bonds. The molecule has 2 N–H and O–H groups in total. The largest absolute Gasteiger partial charge is 0.485 e. The van der Waals surface area contributed by atoms with E-state index in [0.717, 1.165) is 23.3 Å². The minimum absolute atomic E-state index is 0. The van der Waals surface area contributed by atoms with E-state index in [1.807, 2.05) is 24.3 Å². The summed E-state index contributed by atoms with van der Waals surface area (Å²) in [6.07, 6.45) is -4.41. The van der Waals surface area contributed by atoms with Crippen LogP contribution in [0.3, 0.4) is 0 Å². The van der Waals surface area contributed by atoms with Gasteiger partial charge >= 0.3 is 6.18 Å². The van der Waals surface area contributed by atoms with E-state index in [1.165, 1.54) is 13.2 Å². The predicted octanol–water partition coefficient (Wildman–Crippen LogP) is 4.21. The van der Waals surface area contributed by atoms with Crippen LogP contribution < -0.4 is 0 Å². The van der Waals surface area contributed by atoms with Gasteiger partial charge in [0.05, 0.1) is 18.4 Å². The second-order valence-corrected chi connectivity index (χ2v) is 6.12. The van der Waals surface area contributed by atoms with Gasteiger partial charge < -0.3 is 15.1 Å². The van der Waals surface area contributed by atoms with Crippen molar-refractivity contribution in [2.24, 2.45) is 10.1 Å². The van der Waals surface area contributed by atoms with Gasteiger partial charge in [-0.2, -0.15) is 13.2 Å². The molecule has 0 saturated heterocycles. The molecule has 0 heterocycles. The zero-order valence-corrected chi connectivity index (χ0v) is 16.9. The van der Waals surface area contributed by atoms with Gasteiger partial charge in [-0.15, -0.1) is 0 Å². The highest BCUT2D eigenvalue weighted by Crippen LogP contribution is 2.29. The first-order valence-corrected chi connectivity index (χ1v) is 8.66. The first-order valence-electron chi connectivity index (χ1n) is 8.25. The maximum Gasteiger partial charge on any atom is 0.416 e. The fourth-order valence-corrected chi connectivity index (χ4v) is 2.67. The van der Waals surface area contributed by atoms with E-state index < -0.39 is 11.7 Å². The summed E-state index contributed by atoms with van der Waals surface area (Å²) in [7, 11) is 3.07. The zero-order valence-electron chi connectivity index (χ0n) is 16.1. The predicted molar refractivity (Wildman–Crippen MR) is 111 cm³/mol. The zero-order chi connectivity index (χ0) is 20.7. The second-order valence-electron chi connectivity index (χ2n) is 5.75. The lowest BCUT2D eigenvalue weighted by Gasteiger charge is -2.12. The molecule has 9 heteroatoms. The normalized spacial score (nSPS) is 12.2. The first kappa shape index (κ1) is 24.3. The van der Waals surface area contributed by atoms with E-state index in [1.54, 1.807) is 20.0 Å². The Labute approximate surface area is 172 Å². The molecule has 29 heavy (non-hydrogen) atoms. The number of aliphatic imine (C=N–C) groups is 1. The Balaban J connectivity index is 0.00000420. The number of thiocarbonyl (C=S) groups is 1. The Hall–Kier alpha value is -2.78. The minimum Gasteiger partial charge on any atom is -0.485 e. The lowest BCUT2D eigenvalue weighted by molar-refractivity contribution is -0.137. The van der Waals surface area contributed by atoms with Crippen LogP contribution in [-0.4, -0.2) is 36.1 Å². The van der Waals surface area contributed by atoms with E-state index in [-0.39, 0.29) is 17.1 Å². The molecule has 0 bridgehead atoms. The summed E-state index contributed by atoms with van der Waals surface area (Å²) in [5.41, 5.74) is 1.95. The summed E-state index contributed by atoms with van der Waals surface area (Å²) in [4.78, 5) is 9.54. The quantitative estimate of drug-likeness (QED) is 0.394. The molecule has 0 aliphatic heterocycles. The van der Waals surface area contributed by atoms with E-state index in [9.17, 15) is 13.2 Å². The van der Waals surface area contributed by atoms with Gasteiger partial charge in [0, 0.05) is 18.2 Å². The summed E-state index contributed by atoms with van der Waals surface area (Å²) in [6.45, 7) is 1.68. The van der Waals surface area contributed by atoms with Crippen molar-refractivity contribution in [1.82, 2.24) is 0 Å². The van der Waals surface area contributed by atoms with Crippen LogP contribution in [0.4, 0.5) is 13.2 Å². The number of oxime groups is 1. The summed E-state index contributed by atoms with van der Waals surface area (Å²) in [6, 6.07) is 12.2. The molecule has 0 fully saturated rings. The second kappa shape index (κ2) is 10.7. The number of alkyl halides is 3. The fourth-order valence-electron chi connectivity index (χ4n) is 2.47. The number of nitrogens with zero attached hydrogens (tertiary/aromatic N) is 2. The Morgan fingerprint density at radius 1 is 1.10 bits per heavy atom. The molecule has 0 unspecified atom stereocenters. The Kier molecular flexibility index (Phi) is 8.93. The molecular formula is C20H21F3N2O3S. The molecule has 2 aromatic rings. The molecule has 0 aromatic heterocycles. The van der Waals surface area contributed by atoms with Crippen LogP contribution in [0, 0.1) is 0 Å². The SMILES string of the molecule is CN=C(C(=S)OC)c1ccccc1CO/N=C(\C)c1cccc(C(F)(F)F)c1.O. The highest BCUT2D eigenvalue weighted by atomic mass is 32.1. The van der Waals surface area contributed by atoms with Crippen molar-refractivity contribution >= 4 is 28.7 Å². The Bertz CT molecular complexity index is 912. The Morgan fingerprint density at radius 3 is 2.41 bits per heavy atom. The smallest absolute Gasteiger partial charge is 0.416 e. The molecule has 2 rings (SSSR count). The van der Waals surface area contributed by atoms with Crippen molar-refractivity contribution in [1.29, 1.82) is 0 Å². The molecular weight excluding hydrogens is 405 g/mol. The van der Waals surface area contributed by atoms with Crippen molar-refractivity contribution < 1.29 is 28.2 Å². The van der Waals surface area contributed by atoms with Gasteiger partial charge in [-0.25, -0.2) is 0 Å². The third kappa shape index (κ3) is 6.37. The van der Waals surface area contributed by atoms with Crippen molar-refractivity contribution in [3.63, 3.8) is 0 Å². The van der Waals surface area contributed by atoms with Crippen LogP contribution >= 0.6 is 12.2 Å². The highest BCUT2D eigenvalue weighted by Gasteiger charge is 2.30. The lowest BCUT2D eigenvalue weighted by atomic mass is 10.0. The van der Waals surface area contributed by atoms with Crippen LogP contribution in [0.2, 0.25) is 0 Å². The van der Waals surface area contributed by atoms with Crippen LogP contribution in [0.15, 0.2) is 58.7 Å². The van der Waals surface area contributed by atoms with E-state index in [2.05, 4.69) is 10.1 Å². The molecule has 0 radical (unpaired) electrons. The maximum absolute atomic E-state index is 12.8. The summed E-state index contributed by atoms with van der Waals surface area (Å²) in [5, 5.41) is 4.20. The van der Waals surface area contributed by atoms with Gasteiger partial charge in [0.1, 0.15) is 12.3 Å².